The number of nitrogens with one attached hydrogen (secondary N) is 1. The van der Waals surface area contributed by atoms with Gasteiger partial charge in [-0.1, -0.05) is 0 Å². The Kier molecular flexibility index (Phi) is 4.03. The molecule has 4 heterocycles. The largest absolute Gasteiger partial charge is 0.433 e. The molecule has 9 heteroatoms. The van der Waals surface area contributed by atoms with E-state index in [-0.39, 0.29) is 17.7 Å². The van der Waals surface area contributed by atoms with E-state index in [0.717, 1.165) is 6.07 Å². The van der Waals surface area contributed by atoms with Gasteiger partial charge in [0.1, 0.15) is 11.5 Å². The van der Waals surface area contributed by atoms with Crippen LogP contribution in [0.5, 0.6) is 0 Å². The van der Waals surface area contributed by atoms with E-state index in [1.54, 1.807) is 18.3 Å². The van der Waals surface area contributed by atoms with Crippen LogP contribution in [-0.2, 0) is 10.9 Å². The number of hydrogen-bond acceptors (Lipinski definition) is 5. The summed E-state index contributed by atoms with van der Waals surface area (Å²) in [6.07, 6.45) is -1.36. The molecular weight excluding hydrogens is 347 g/mol. The molecule has 4 rings (SSSR count). The molecular formula is C17H16F3N5O. The lowest BCUT2D eigenvalue weighted by atomic mass is 10.1. The van der Waals surface area contributed by atoms with Crippen molar-refractivity contribution >= 4 is 16.9 Å². The topological polar surface area (TPSA) is 66.9 Å². The molecule has 1 fully saturated rings. The summed E-state index contributed by atoms with van der Waals surface area (Å²) in [6, 6.07) is 4.30. The summed E-state index contributed by atoms with van der Waals surface area (Å²) in [4.78, 5) is 17.2. The molecule has 0 amide bonds. The van der Waals surface area contributed by atoms with E-state index in [1.165, 1.54) is 6.20 Å². The molecule has 1 N–H and O–H groups in total. The Labute approximate surface area is 147 Å². The van der Waals surface area contributed by atoms with Crippen LogP contribution in [0.1, 0.15) is 12.6 Å². The molecule has 1 aliphatic rings. The van der Waals surface area contributed by atoms with Crippen LogP contribution < -0.4 is 4.90 Å². The number of ether oxygens (including phenoxy) is 1. The summed E-state index contributed by atoms with van der Waals surface area (Å²) >= 11 is 0. The molecule has 0 unspecified atom stereocenters. The van der Waals surface area contributed by atoms with Crippen LogP contribution in [0, 0.1) is 0 Å². The van der Waals surface area contributed by atoms with Gasteiger partial charge in [-0.15, -0.1) is 0 Å². The van der Waals surface area contributed by atoms with Crippen LogP contribution in [0.4, 0.5) is 19.0 Å². The summed E-state index contributed by atoms with van der Waals surface area (Å²) in [5, 5.41) is 0.674. The lowest BCUT2D eigenvalue weighted by Gasteiger charge is -2.34. The molecule has 0 radical (unpaired) electrons. The predicted octanol–water partition coefficient (Wildman–Crippen LogP) is 3.26. The summed E-state index contributed by atoms with van der Waals surface area (Å²) in [5.74, 6) is 0.277. The number of aromatic amines is 1. The van der Waals surface area contributed by atoms with E-state index in [9.17, 15) is 13.2 Å². The van der Waals surface area contributed by atoms with Crippen LogP contribution in [0.15, 0.2) is 30.6 Å². The van der Waals surface area contributed by atoms with Crippen molar-refractivity contribution in [1.82, 2.24) is 19.9 Å². The van der Waals surface area contributed by atoms with E-state index in [4.69, 9.17) is 4.74 Å². The van der Waals surface area contributed by atoms with Crippen LogP contribution >= 0.6 is 0 Å². The maximum absolute atomic E-state index is 13.4. The number of hydrogen-bond donors (Lipinski definition) is 1. The van der Waals surface area contributed by atoms with Gasteiger partial charge in [0.2, 0.25) is 0 Å². The Morgan fingerprint density at radius 1 is 1.27 bits per heavy atom. The minimum atomic E-state index is -4.56. The highest BCUT2D eigenvalue weighted by molar-refractivity contribution is 5.91. The van der Waals surface area contributed by atoms with Crippen molar-refractivity contribution in [3.63, 3.8) is 0 Å². The molecule has 136 valence electrons. The number of nitrogens with zero attached hydrogens (tertiary/aromatic N) is 4. The fourth-order valence-corrected chi connectivity index (χ4v) is 3.07. The number of halogens is 3. The molecule has 0 aliphatic carbocycles. The van der Waals surface area contributed by atoms with Gasteiger partial charge in [0, 0.05) is 36.0 Å². The minimum absolute atomic E-state index is 0.0283. The van der Waals surface area contributed by atoms with E-state index in [0.29, 0.717) is 36.4 Å². The van der Waals surface area contributed by atoms with Crippen molar-refractivity contribution in [1.29, 1.82) is 0 Å². The van der Waals surface area contributed by atoms with Gasteiger partial charge >= 0.3 is 6.18 Å². The van der Waals surface area contributed by atoms with Crippen LogP contribution in [0.25, 0.3) is 22.4 Å². The third-order valence-corrected chi connectivity index (χ3v) is 4.37. The third-order valence-electron chi connectivity index (χ3n) is 4.37. The number of morpholine rings is 1. The number of H-pyrrole nitrogens is 1. The molecule has 0 aromatic carbocycles. The highest BCUT2D eigenvalue weighted by Gasteiger charge is 2.35. The number of aromatic nitrogens is 4. The molecule has 0 spiro atoms. The Morgan fingerprint density at radius 2 is 2.12 bits per heavy atom. The van der Waals surface area contributed by atoms with Crippen LogP contribution in [0.3, 0.4) is 0 Å². The van der Waals surface area contributed by atoms with Crippen molar-refractivity contribution in [3.8, 4) is 11.4 Å². The second-order valence-corrected chi connectivity index (χ2v) is 6.15. The van der Waals surface area contributed by atoms with Gasteiger partial charge in [-0.3, -0.25) is 0 Å². The predicted molar refractivity (Wildman–Crippen MR) is 89.7 cm³/mol. The molecule has 3 aromatic heterocycles. The van der Waals surface area contributed by atoms with Crippen molar-refractivity contribution in [3.05, 3.63) is 36.3 Å². The number of fused-ring (bicyclic) bond motifs is 1. The monoisotopic (exact) mass is 363 g/mol. The minimum Gasteiger partial charge on any atom is -0.377 e. The first-order chi connectivity index (χ1) is 12.4. The molecule has 0 saturated carbocycles. The van der Waals surface area contributed by atoms with Gasteiger partial charge in [0.05, 0.1) is 19.3 Å². The molecule has 1 saturated heterocycles. The van der Waals surface area contributed by atoms with Crippen molar-refractivity contribution < 1.29 is 17.9 Å². The average Bonchev–Trinajstić information content (AvgIpc) is 3.09. The Hall–Kier alpha value is -2.68. The van der Waals surface area contributed by atoms with Crippen molar-refractivity contribution in [2.45, 2.75) is 19.1 Å². The molecule has 1 aliphatic heterocycles. The molecule has 3 aromatic rings. The lowest BCUT2D eigenvalue weighted by molar-refractivity contribution is -0.141. The van der Waals surface area contributed by atoms with E-state index < -0.39 is 11.9 Å². The zero-order valence-electron chi connectivity index (χ0n) is 13.9. The standard InChI is InChI=1S/C17H16F3N5O/c1-10-9-26-7-6-25(10)14-8-13(17(18,19)20)23-16(24-14)12-3-5-22-15-11(12)2-4-21-15/h2-5,8,10H,6-7,9H2,1H3,(H,21,22)/t10-/m1/s1. The summed E-state index contributed by atoms with van der Waals surface area (Å²) in [7, 11) is 0. The molecule has 1 atom stereocenters. The number of rotatable bonds is 2. The first-order valence-corrected chi connectivity index (χ1v) is 8.16. The fourth-order valence-electron chi connectivity index (χ4n) is 3.07. The van der Waals surface area contributed by atoms with Crippen molar-refractivity contribution in [2.24, 2.45) is 0 Å². The van der Waals surface area contributed by atoms with E-state index in [2.05, 4.69) is 19.9 Å². The number of alkyl halides is 3. The molecule has 6 nitrogen and oxygen atoms in total. The summed E-state index contributed by atoms with van der Waals surface area (Å²) in [5.41, 5.74) is 0.117. The quantitative estimate of drug-likeness (QED) is 0.757. The highest BCUT2D eigenvalue weighted by Crippen LogP contribution is 2.33. The molecule has 0 bridgehead atoms. The summed E-state index contributed by atoms with van der Waals surface area (Å²) < 4.78 is 45.7. The van der Waals surface area contributed by atoms with Gasteiger partial charge < -0.3 is 14.6 Å². The Balaban J connectivity index is 1.89. The number of anilines is 1. The lowest BCUT2D eigenvalue weighted by Crippen LogP contribution is -2.44. The highest BCUT2D eigenvalue weighted by atomic mass is 19.4. The Morgan fingerprint density at radius 3 is 2.88 bits per heavy atom. The van der Waals surface area contributed by atoms with Gasteiger partial charge in [0.25, 0.3) is 0 Å². The van der Waals surface area contributed by atoms with Crippen molar-refractivity contribution in [2.75, 3.05) is 24.7 Å². The second-order valence-electron chi connectivity index (χ2n) is 6.15. The Bertz CT molecular complexity index is 940. The first kappa shape index (κ1) is 16.8. The molecule has 26 heavy (non-hydrogen) atoms. The average molecular weight is 363 g/mol. The van der Waals surface area contributed by atoms with Gasteiger partial charge in [-0.2, -0.15) is 13.2 Å². The van der Waals surface area contributed by atoms with Gasteiger partial charge in [0.15, 0.2) is 11.5 Å². The van der Waals surface area contributed by atoms with E-state index >= 15 is 0 Å². The zero-order chi connectivity index (χ0) is 18.3. The van der Waals surface area contributed by atoms with Crippen LogP contribution in [0.2, 0.25) is 0 Å². The van der Waals surface area contributed by atoms with Gasteiger partial charge in [-0.05, 0) is 19.1 Å². The van der Waals surface area contributed by atoms with Crippen LogP contribution in [-0.4, -0.2) is 45.7 Å². The second kappa shape index (κ2) is 6.24. The zero-order valence-corrected chi connectivity index (χ0v) is 13.9. The maximum atomic E-state index is 13.4. The smallest absolute Gasteiger partial charge is 0.377 e. The fraction of sp³-hybridized carbons (Fsp3) is 0.353. The first-order valence-electron chi connectivity index (χ1n) is 8.16. The van der Waals surface area contributed by atoms with E-state index in [1.807, 2.05) is 11.8 Å². The number of pyridine rings is 1. The summed E-state index contributed by atoms with van der Waals surface area (Å²) in [6.45, 7) is 3.26. The normalized spacial score (nSPS) is 18.5. The van der Waals surface area contributed by atoms with Gasteiger partial charge in [-0.25, -0.2) is 15.0 Å². The SMILES string of the molecule is C[C@@H]1COCCN1c1cc(C(F)(F)F)nc(-c2ccnc3[nH]ccc23)n1. The maximum Gasteiger partial charge on any atom is 0.433 e. The third kappa shape index (κ3) is 2.98.